The Labute approximate surface area is 108 Å². The number of carbonyl (C=O) groups is 1. The summed E-state index contributed by atoms with van der Waals surface area (Å²) in [6.45, 7) is 3.40. The molecule has 1 rings (SSSR count). The molecule has 0 radical (unpaired) electrons. The number of amides is 1. The Balaban J connectivity index is 2.85. The van der Waals surface area contributed by atoms with Crippen molar-refractivity contribution in [2.75, 3.05) is 17.7 Å². The molecule has 1 aromatic rings. The van der Waals surface area contributed by atoms with E-state index < -0.39 is 16.6 Å². The van der Waals surface area contributed by atoms with Gasteiger partial charge in [0.05, 0.1) is 5.69 Å². The van der Waals surface area contributed by atoms with Gasteiger partial charge in [0.1, 0.15) is 5.82 Å². The molecule has 0 saturated heterocycles. The number of nitrogen functional groups attached to an aromatic ring is 1. The summed E-state index contributed by atoms with van der Waals surface area (Å²) in [6, 6.07) is 2.33. The minimum atomic E-state index is -0.981. The molecule has 1 amide bonds. The van der Waals surface area contributed by atoms with Crippen molar-refractivity contribution in [3.8, 4) is 0 Å². The molecule has 0 heterocycles. The highest BCUT2D eigenvalue weighted by atomic mass is 32.2. The van der Waals surface area contributed by atoms with E-state index in [1.165, 1.54) is 12.1 Å². The zero-order valence-electron chi connectivity index (χ0n) is 10.6. The fourth-order valence-electron chi connectivity index (χ4n) is 1.63. The molecule has 18 heavy (non-hydrogen) atoms. The van der Waals surface area contributed by atoms with E-state index in [1.807, 2.05) is 0 Å². The molecule has 4 nitrogen and oxygen atoms in total. The maximum absolute atomic E-state index is 13.2. The molecule has 0 saturated carbocycles. The van der Waals surface area contributed by atoms with E-state index in [2.05, 4.69) is 5.32 Å². The largest absolute Gasteiger partial charge is 0.396 e. The van der Waals surface area contributed by atoms with Crippen molar-refractivity contribution in [2.24, 2.45) is 0 Å². The first-order chi connectivity index (χ1) is 8.31. The van der Waals surface area contributed by atoms with Crippen molar-refractivity contribution in [3.05, 3.63) is 29.1 Å². The van der Waals surface area contributed by atoms with Gasteiger partial charge in [-0.2, -0.15) is 0 Å². The summed E-state index contributed by atoms with van der Waals surface area (Å²) >= 11 is 0. The molecule has 1 aromatic carbocycles. The van der Waals surface area contributed by atoms with Gasteiger partial charge in [-0.3, -0.25) is 9.00 Å². The maximum Gasteiger partial charge on any atom is 0.251 e. The monoisotopic (exact) mass is 272 g/mol. The fraction of sp³-hybridized carbons (Fsp3) is 0.417. The number of nitrogens with one attached hydrogen (secondary N) is 1. The topological polar surface area (TPSA) is 72.2 Å². The first-order valence-electron chi connectivity index (χ1n) is 5.47. The van der Waals surface area contributed by atoms with Crippen molar-refractivity contribution in [2.45, 2.75) is 19.9 Å². The molecule has 0 bridgehead atoms. The summed E-state index contributed by atoms with van der Waals surface area (Å²) in [5, 5.41) is 2.71. The van der Waals surface area contributed by atoms with Crippen molar-refractivity contribution in [1.29, 1.82) is 0 Å². The van der Waals surface area contributed by atoms with Crippen LogP contribution in [0, 0.1) is 12.7 Å². The van der Waals surface area contributed by atoms with Gasteiger partial charge in [-0.1, -0.05) is 0 Å². The van der Waals surface area contributed by atoms with Crippen LogP contribution in [0.2, 0.25) is 0 Å². The van der Waals surface area contributed by atoms with E-state index in [4.69, 9.17) is 5.73 Å². The van der Waals surface area contributed by atoms with E-state index in [9.17, 15) is 13.4 Å². The lowest BCUT2D eigenvalue weighted by atomic mass is 10.1. The van der Waals surface area contributed by atoms with Crippen molar-refractivity contribution >= 4 is 22.4 Å². The van der Waals surface area contributed by atoms with E-state index in [0.717, 1.165) is 0 Å². The summed E-state index contributed by atoms with van der Waals surface area (Å²) in [6.07, 6.45) is 1.57. The van der Waals surface area contributed by atoms with Crippen molar-refractivity contribution in [3.63, 3.8) is 0 Å². The average Bonchev–Trinajstić information content (AvgIpc) is 2.21. The van der Waals surface area contributed by atoms with Gasteiger partial charge in [-0.25, -0.2) is 4.39 Å². The molecule has 2 atom stereocenters. The number of anilines is 1. The number of halogens is 1. The third-order valence-electron chi connectivity index (χ3n) is 2.45. The third kappa shape index (κ3) is 3.80. The number of hydrogen-bond acceptors (Lipinski definition) is 3. The molecule has 0 fully saturated rings. The van der Waals surface area contributed by atoms with Crippen LogP contribution >= 0.6 is 0 Å². The molecule has 6 heteroatoms. The van der Waals surface area contributed by atoms with Crippen molar-refractivity contribution in [1.82, 2.24) is 5.32 Å². The Bertz CT molecular complexity index is 491. The Morgan fingerprint density at radius 1 is 1.56 bits per heavy atom. The quantitative estimate of drug-likeness (QED) is 0.809. The molecule has 3 N–H and O–H groups in total. The number of aryl methyl sites for hydroxylation is 1. The average molecular weight is 272 g/mol. The molecular formula is C12H17FN2O2S. The Kier molecular flexibility index (Phi) is 4.84. The van der Waals surface area contributed by atoms with Gasteiger partial charge < -0.3 is 11.1 Å². The smallest absolute Gasteiger partial charge is 0.251 e. The lowest BCUT2D eigenvalue weighted by Gasteiger charge is -2.14. The SMILES string of the molecule is Cc1cc(F)c(N)cc1C(=O)NC(C)CS(C)=O. The Morgan fingerprint density at radius 3 is 2.72 bits per heavy atom. The van der Waals surface area contributed by atoms with Gasteiger partial charge in [-0.05, 0) is 31.5 Å². The highest BCUT2D eigenvalue weighted by Gasteiger charge is 2.15. The zero-order valence-corrected chi connectivity index (χ0v) is 11.4. The minimum Gasteiger partial charge on any atom is -0.396 e. The number of nitrogens with two attached hydrogens (primary N) is 1. The summed E-state index contributed by atoms with van der Waals surface area (Å²) < 4.78 is 24.2. The fourth-order valence-corrected chi connectivity index (χ4v) is 2.42. The standard InChI is InChI=1S/C12H17FN2O2S/c1-7-4-10(13)11(14)5-9(7)12(16)15-8(2)6-18(3)17/h4-5,8H,6,14H2,1-3H3,(H,15,16). The van der Waals surface area contributed by atoms with Crippen LogP contribution in [0.25, 0.3) is 0 Å². The highest BCUT2D eigenvalue weighted by molar-refractivity contribution is 7.84. The molecule has 0 aliphatic heterocycles. The van der Waals surface area contributed by atoms with Crippen LogP contribution in [0.4, 0.5) is 10.1 Å². The second-order valence-corrected chi connectivity index (χ2v) is 5.78. The van der Waals surface area contributed by atoms with Gasteiger partial charge in [0.2, 0.25) is 0 Å². The van der Waals surface area contributed by atoms with E-state index in [-0.39, 0.29) is 17.6 Å². The number of benzene rings is 1. The predicted octanol–water partition coefficient (Wildman–Crippen LogP) is 1.21. The summed E-state index contributed by atoms with van der Waals surface area (Å²) in [4.78, 5) is 11.9. The van der Waals surface area contributed by atoms with Gasteiger partial charge in [0, 0.05) is 34.4 Å². The molecule has 0 spiro atoms. The van der Waals surface area contributed by atoms with Gasteiger partial charge in [-0.15, -0.1) is 0 Å². The first kappa shape index (κ1) is 14.6. The van der Waals surface area contributed by atoms with Gasteiger partial charge in [0.15, 0.2) is 0 Å². The first-order valence-corrected chi connectivity index (χ1v) is 7.20. The van der Waals surface area contributed by atoms with Gasteiger partial charge >= 0.3 is 0 Å². The highest BCUT2D eigenvalue weighted by Crippen LogP contribution is 2.17. The second kappa shape index (κ2) is 5.95. The number of rotatable bonds is 4. The van der Waals surface area contributed by atoms with Crippen LogP contribution in [0.3, 0.4) is 0 Å². The molecule has 2 unspecified atom stereocenters. The van der Waals surface area contributed by atoms with Crippen molar-refractivity contribution < 1.29 is 13.4 Å². The lowest BCUT2D eigenvalue weighted by molar-refractivity contribution is 0.0943. The summed E-state index contributed by atoms with van der Waals surface area (Å²) in [5.41, 5.74) is 6.23. The van der Waals surface area contributed by atoms with Crippen LogP contribution in [-0.2, 0) is 10.8 Å². The Morgan fingerprint density at radius 2 is 2.17 bits per heavy atom. The summed E-state index contributed by atoms with van der Waals surface area (Å²) in [5.74, 6) is -0.495. The van der Waals surface area contributed by atoms with E-state index >= 15 is 0 Å². The predicted molar refractivity (Wildman–Crippen MR) is 71.4 cm³/mol. The van der Waals surface area contributed by atoms with E-state index in [1.54, 1.807) is 20.1 Å². The number of carbonyl (C=O) groups excluding carboxylic acids is 1. The van der Waals surface area contributed by atoms with Gasteiger partial charge in [0.25, 0.3) is 5.91 Å². The van der Waals surface area contributed by atoms with Crippen LogP contribution in [-0.4, -0.2) is 28.2 Å². The lowest BCUT2D eigenvalue weighted by Crippen LogP contribution is -2.36. The van der Waals surface area contributed by atoms with Crippen LogP contribution in [0.1, 0.15) is 22.8 Å². The maximum atomic E-state index is 13.2. The molecule has 0 aromatic heterocycles. The minimum absolute atomic E-state index is 0.0579. The molecule has 0 aliphatic rings. The molecule has 100 valence electrons. The van der Waals surface area contributed by atoms with Crippen LogP contribution in [0.5, 0.6) is 0 Å². The third-order valence-corrected chi connectivity index (χ3v) is 3.42. The molecular weight excluding hydrogens is 255 g/mol. The van der Waals surface area contributed by atoms with Crippen LogP contribution < -0.4 is 11.1 Å². The Hall–Kier alpha value is -1.43. The van der Waals surface area contributed by atoms with Crippen LogP contribution in [0.15, 0.2) is 12.1 Å². The molecule has 0 aliphatic carbocycles. The summed E-state index contributed by atoms with van der Waals surface area (Å²) in [7, 11) is -0.981. The van der Waals surface area contributed by atoms with E-state index in [0.29, 0.717) is 16.9 Å². The normalized spacial score (nSPS) is 14.0. The zero-order chi connectivity index (χ0) is 13.9. The second-order valence-electron chi connectivity index (χ2n) is 4.30. The number of hydrogen-bond donors (Lipinski definition) is 2.